The van der Waals surface area contributed by atoms with Crippen LogP contribution in [0.25, 0.3) is 0 Å². The molecule has 0 bridgehead atoms. The highest BCUT2D eigenvalue weighted by Crippen LogP contribution is 2.17. The average Bonchev–Trinajstić information content (AvgIpc) is 3.00. The summed E-state index contributed by atoms with van der Waals surface area (Å²) < 4.78 is 0. The summed E-state index contributed by atoms with van der Waals surface area (Å²) in [5, 5.41) is 14.6. The average molecular weight is 289 g/mol. The molecule has 0 aliphatic rings. The van der Waals surface area contributed by atoms with Crippen molar-refractivity contribution in [1.29, 1.82) is 0 Å². The zero-order chi connectivity index (χ0) is 14.4. The SMILES string of the molecule is CCc1ccc(CC(=O)NC[C@H](O)c2cccs2)cc1. The third-order valence-electron chi connectivity index (χ3n) is 3.16. The summed E-state index contributed by atoms with van der Waals surface area (Å²) >= 11 is 1.49. The van der Waals surface area contributed by atoms with Crippen molar-refractivity contribution in [3.63, 3.8) is 0 Å². The Bertz CT molecular complexity index is 534. The van der Waals surface area contributed by atoms with E-state index in [2.05, 4.69) is 12.2 Å². The molecule has 1 amide bonds. The number of aliphatic hydroxyl groups excluding tert-OH is 1. The molecule has 0 saturated carbocycles. The van der Waals surface area contributed by atoms with Gasteiger partial charge in [-0.3, -0.25) is 4.79 Å². The van der Waals surface area contributed by atoms with Gasteiger partial charge in [0.1, 0.15) is 6.10 Å². The highest BCUT2D eigenvalue weighted by Gasteiger charge is 2.10. The van der Waals surface area contributed by atoms with E-state index in [1.807, 2.05) is 41.8 Å². The number of aryl methyl sites for hydroxylation is 1. The number of rotatable bonds is 6. The number of hydrogen-bond acceptors (Lipinski definition) is 3. The molecule has 0 fully saturated rings. The van der Waals surface area contributed by atoms with Crippen LogP contribution in [0, 0.1) is 0 Å². The van der Waals surface area contributed by atoms with Crippen LogP contribution in [0.1, 0.15) is 29.0 Å². The van der Waals surface area contributed by atoms with Crippen molar-refractivity contribution in [2.75, 3.05) is 6.54 Å². The van der Waals surface area contributed by atoms with Gasteiger partial charge in [0.15, 0.2) is 0 Å². The minimum atomic E-state index is -0.624. The fourth-order valence-electron chi connectivity index (χ4n) is 1.93. The third-order valence-corrected chi connectivity index (χ3v) is 4.13. The number of benzene rings is 1. The zero-order valence-electron chi connectivity index (χ0n) is 11.5. The first kappa shape index (κ1) is 14.8. The van der Waals surface area contributed by atoms with Gasteiger partial charge in [-0.1, -0.05) is 37.3 Å². The molecule has 4 heteroatoms. The van der Waals surface area contributed by atoms with Crippen LogP contribution in [-0.2, 0) is 17.6 Å². The largest absolute Gasteiger partial charge is 0.386 e. The lowest BCUT2D eigenvalue weighted by molar-refractivity contribution is -0.120. The molecule has 0 aliphatic carbocycles. The minimum Gasteiger partial charge on any atom is -0.386 e. The number of nitrogens with one attached hydrogen (secondary N) is 1. The molecule has 2 N–H and O–H groups in total. The maximum atomic E-state index is 11.8. The predicted molar refractivity (Wildman–Crippen MR) is 81.8 cm³/mol. The van der Waals surface area contributed by atoms with Crippen molar-refractivity contribution in [2.45, 2.75) is 25.9 Å². The van der Waals surface area contributed by atoms with Gasteiger partial charge >= 0.3 is 0 Å². The lowest BCUT2D eigenvalue weighted by Crippen LogP contribution is -2.29. The number of hydrogen-bond donors (Lipinski definition) is 2. The molecule has 1 aromatic carbocycles. The molecule has 0 radical (unpaired) electrons. The van der Waals surface area contributed by atoms with Gasteiger partial charge in [0.2, 0.25) is 5.91 Å². The fourth-order valence-corrected chi connectivity index (χ4v) is 2.64. The summed E-state index contributed by atoms with van der Waals surface area (Å²) in [6.45, 7) is 2.36. The van der Waals surface area contributed by atoms with E-state index in [-0.39, 0.29) is 12.5 Å². The molecule has 1 atom stereocenters. The van der Waals surface area contributed by atoms with Crippen LogP contribution >= 0.6 is 11.3 Å². The van der Waals surface area contributed by atoms with E-state index in [0.29, 0.717) is 6.42 Å². The first-order chi connectivity index (χ1) is 9.69. The Morgan fingerprint density at radius 1 is 1.25 bits per heavy atom. The van der Waals surface area contributed by atoms with E-state index in [1.54, 1.807) is 0 Å². The topological polar surface area (TPSA) is 49.3 Å². The van der Waals surface area contributed by atoms with Crippen molar-refractivity contribution in [3.05, 3.63) is 57.8 Å². The lowest BCUT2D eigenvalue weighted by atomic mass is 10.1. The van der Waals surface area contributed by atoms with Crippen LogP contribution in [-0.4, -0.2) is 17.6 Å². The van der Waals surface area contributed by atoms with Crippen LogP contribution in [0.15, 0.2) is 41.8 Å². The number of amides is 1. The molecule has 0 spiro atoms. The van der Waals surface area contributed by atoms with Crippen LogP contribution < -0.4 is 5.32 Å². The van der Waals surface area contributed by atoms with Crippen molar-refractivity contribution in [3.8, 4) is 0 Å². The maximum absolute atomic E-state index is 11.8. The second-order valence-corrected chi connectivity index (χ2v) is 5.66. The summed E-state index contributed by atoms with van der Waals surface area (Å²) in [6.07, 6.45) is 0.724. The second-order valence-electron chi connectivity index (χ2n) is 4.68. The standard InChI is InChI=1S/C16H19NO2S/c1-2-12-5-7-13(8-6-12)10-16(19)17-11-14(18)15-4-3-9-20-15/h3-9,14,18H,2,10-11H2,1H3,(H,17,19)/t14-/m0/s1. The molecular weight excluding hydrogens is 270 g/mol. The third kappa shape index (κ3) is 4.18. The quantitative estimate of drug-likeness (QED) is 0.859. The smallest absolute Gasteiger partial charge is 0.224 e. The number of carbonyl (C=O) groups excluding carboxylic acids is 1. The van der Waals surface area contributed by atoms with Gasteiger partial charge in [-0.05, 0) is 29.0 Å². The molecule has 2 aromatic rings. The van der Waals surface area contributed by atoms with Crippen LogP contribution in [0.4, 0.5) is 0 Å². The van der Waals surface area contributed by atoms with Gasteiger partial charge in [-0.15, -0.1) is 11.3 Å². The maximum Gasteiger partial charge on any atom is 0.224 e. The van der Waals surface area contributed by atoms with Gasteiger partial charge in [0, 0.05) is 11.4 Å². The first-order valence-electron chi connectivity index (χ1n) is 6.75. The van der Waals surface area contributed by atoms with Gasteiger partial charge in [-0.25, -0.2) is 0 Å². The Balaban J connectivity index is 1.80. The Kier molecular flexibility index (Phi) is 5.32. The van der Waals surface area contributed by atoms with Crippen molar-refractivity contribution in [2.24, 2.45) is 0 Å². The van der Waals surface area contributed by atoms with Gasteiger partial charge in [0.05, 0.1) is 6.42 Å². The van der Waals surface area contributed by atoms with E-state index in [0.717, 1.165) is 16.9 Å². The van der Waals surface area contributed by atoms with Gasteiger partial charge in [-0.2, -0.15) is 0 Å². The Morgan fingerprint density at radius 3 is 2.55 bits per heavy atom. The van der Waals surface area contributed by atoms with Gasteiger partial charge < -0.3 is 10.4 Å². The summed E-state index contributed by atoms with van der Waals surface area (Å²) in [7, 11) is 0. The summed E-state index contributed by atoms with van der Waals surface area (Å²) in [6, 6.07) is 11.8. The number of thiophene rings is 1. The summed E-state index contributed by atoms with van der Waals surface area (Å²) in [4.78, 5) is 12.7. The number of carbonyl (C=O) groups is 1. The van der Waals surface area contributed by atoms with E-state index in [1.165, 1.54) is 16.9 Å². The molecule has 2 rings (SSSR count). The Labute approximate surface area is 123 Å². The Hall–Kier alpha value is -1.65. The summed E-state index contributed by atoms with van der Waals surface area (Å²) in [5.41, 5.74) is 2.26. The predicted octanol–water partition coefficient (Wildman–Crippen LogP) is 2.70. The van der Waals surface area contributed by atoms with Crippen molar-refractivity contribution in [1.82, 2.24) is 5.32 Å². The van der Waals surface area contributed by atoms with Crippen molar-refractivity contribution < 1.29 is 9.90 Å². The molecule has 3 nitrogen and oxygen atoms in total. The summed E-state index contributed by atoms with van der Waals surface area (Å²) in [5.74, 6) is -0.0649. The van der Waals surface area contributed by atoms with Crippen LogP contribution in [0.3, 0.4) is 0 Å². The number of aliphatic hydroxyl groups is 1. The minimum absolute atomic E-state index is 0.0649. The van der Waals surface area contributed by atoms with Crippen LogP contribution in [0.5, 0.6) is 0 Å². The normalized spacial score (nSPS) is 12.1. The molecular formula is C16H19NO2S. The molecule has 20 heavy (non-hydrogen) atoms. The highest BCUT2D eigenvalue weighted by molar-refractivity contribution is 7.10. The van der Waals surface area contributed by atoms with Crippen LogP contribution in [0.2, 0.25) is 0 Å². The van der Waals surface area contributed by atoms with E-state index in [9.17, 15) is 9.90 Å². The monoisotopic (exact) mass is 289 g/mol. The molecule has 0 aliphatic heterocycles. The van der Waals surface area contributed by atoms with E-state index < -0.39 is 6.10 Å². The molecule has 0 saturated heterocycles. The fraction of sp³-hybridized carbons (Fsp3) is 0.312. The molecule has 0 unspecified atom stereocenters. The molecule has 1 aromatic heterocycles. The molecule has 1 heterocycles. The van der Waals surface area contributed by atoms with Gasteiger partial charge in [0.25, 0.3) is 0 Å². The first-order valence-corrected chi connectivity index (χ1v) is 7.63. The second kappa shape index (κ2) is 7.22. The van der Waals surface area contributed by atoms with Crippen molar-refractivity contribution >= 4 is 17.2 Å². The molecule has 106 valence electrons. The lowest BCUT2D eigenvalue weighted by Gasteiger charge is -2.10. The Morgan fingerprint density at radius 2 is 1.95 bits per heavy atom. The zero-order valence-corrected chi connectivity index (χ0v) is 12.3. The highest BCUT2D eigenvalue weighted by atomic mass is 32.1. The van der Waals surface area contributed by atoms with E-state index >= 15 is 0 Å². The van der Waals surface area contributed by atoms with E-state index in [4.69, 9.17) is 0 Å².